The number of carbonyl (C=O) groups excluding carboxylic acids is 2. The molecule has 0 N–H and O–H groups in total. The van der Waals surface area contributed by atoms with Crippen molar-refractivity contribution in [2.24, 2.45) is 23.2 Å². The van der Waals surface area contributed by atoms with E-state index in [2.05, 4.69) is 6.07 Å². The topological polar surface area (TPSA) is 76.4 Å². The van der Waals surface area contributed by atoms with Crippen LogP contribution in [0.3, 0.4) is 0 Å². The number of carbonyl (C=O) groups is 2. The van der Waals surface area contributed by atoms with Gasteiger partial charge in [-0.1, -0.05) is 20.3 Å². The van der Waals surface area contributed by atoms with Crippen LogP contribution in [0.5, 0.6) is 0 Å². The number of hydrogen-bond donors (Lipinski definition) is 0. The Bertz CT molecular complexity index is 440. The highest BCUT2D eigenvalue weighted by atomic mass is 16.5. The summed E-state index contributed by atoms with van der Waals surface area (Å²) in [7, 11) is 0. The van der Waals surface area contributed by atoms with E-state index in [9.17, 15) is 14.9 Å². The second-order valence-electron chi connectivity index (χ2n) is 6.17. The van der Waals surface area contributed by atoms with E-state index in [1.807, 2.05) is 13.8 Å². The highest BCUT2D eigenvalue weighted by molar-refractivity contribution is 5.80. The third-order valence-electron chi connectivity index (χ3n) is 4.77. The molecule has 0 saturated heterocycles. The quantitative estimate of drug-likeness (QED) is 0.675. The summed E-state index contributed by atoms with van der Waals surface area (Å²) in [6.07, 6.45) is 2.43. The van der Waals surface area contributed by atoms with Gasteiger partial charge >= 0.3 is 11.9 Å². The Morgan fingerprint density at radius 1 is 1.27 bits per heavy atom. The van der Waals surface area contributed by atoms with Gasteiger partial charge in [0.15, 0.2) is 0 Å². The van der Waals surface area contributed by atoms with Gasteiger partial charge in [0.1, 0.15) is 0 Å². The number of nitrogens with zero attached hydrogens (tertiary/aromatic N) is 1. The van der Waals surface area contributed by atoms with Crippen LogP contribution in [0.2, 0.25) is 0 Å². The molecular weight excluding hydrogens is 282 g/mol. The molecule has 3 unspecified atom stereocenters. The Kier molecular flexibility index (Phi) is 6.86. The standard InChI is InChI=1S/C17H27NO4/c1-5-21-15(19)10-13(16(20)22-6-2)14-8-7-9-17(14,11-18)12(3)4/h12-14H,5-10H2,1-4H3. The lowest BCUT2D eigenvalue weighted by Crippen LogP contribution is -2.39. The molecule has 0 aromatic heterocycles. The fourth-order valence-corrected chi connectivity index (χ4v) is 3.64. The van der Waals surface area contributed by atoms with Gasteiger partial charge in [0, 0.05) is 0 Å². The number of nitriles is 1. The minimum Gasteiger partial charge on any atom is -0.466 e. The van der Waals surface area contributed by atoms with Crippen molar-refractivity contribution in [2.75, 3.05) is 13.2 Å². The third kappa shape index (κ3) is 3.79. The maximum Gasteiger partial charge on any atom is 0.309 e. The zero-order valence-corrected chi connectivity index (χ0v) is 14.1. The highest BCUT2D eigenvalue weighted by Crippen LogP contribution is 2.52. The molecule has 0 aliphatic heterocycles. The van der Waals surface area contributed by atoms with Crippen LogP contribution < -0.4 is 0 Å². The Hall–Kier alpha value is -1.57. The average molecular weight is 309 g/mol. The van der Waals surface area contributed by atoms with Crippen LogP contribution in [-0.4, -0.2) is 25.2 Å². The van der Waals surface area contributed by atoms with Crippen LogP contribution in [0.15, 0.2) is 0 Å². The van der Waals surface area contributed by atoms with Gasteiger partial charge in [-0.2, -0.15) is 5.26 Å². The fourth-order valence-electron chi connectivity index (χ4n) is 3.64. The van der Waals surface area contributed by atoms with Crippen molar-refractivity contribution in [2.45, 2.75) is 53.4 Å². The Morgan fingerprint density at radius 3 is 2.41 bits per heavy atom. The van der Waals surface area contributed by atoms with Crippen molar-refractivity contribution in [1.82, 2.24) is 0 Å². The van der Waals surface area contributed by atoms with E-state index in [0.717, 1.165) is 19.3 Å². The summed E-state index contributed by atoms with van der Waals surface area (Å²) < 4.78 is 10.1. The molecule has 0 aromatic rings. The van der Waals surface area contributed by atoms with Crippen LogP contribution in [0.4, 0.5) is 0 Å². The molecule has 0 aromatic carbocycles. The van der Waals surface area contributed by atoms with E-state index in [1.165, 1.54) is 0 Å². The monoisotopic (exact) mass is 309 g/mol. The van der Waals surface area contributed by atoms with Gasteiger partial charge in [-0.15, -0.1) is 0 Å². The first kappa shape index (κ1) is 18.5. The maximum atomic E-state index is 12.4. The van der Waals surface area contributed by atoms with E-state index in [-0.39, 0.29) is 37.4 Å². The van der Waals surface area contributed by atoms with Crippen LogP contribution in [0, 0.1) is 34.5 Å². The maximum absolute atomic E-state index is 12.4. The molecule has 22 heavy (non-hydrogen) atoms. The molecule has 1 aliphatic carbocycles. The minimum absolute atomic E-state index is 0.00646. The Labute approximate surface area is 133 Å². The summed E-state index contributed by atoms with van der Waals surface area (Å²) in [6.45, 7) is 8.05. The summed E-state index contributed by atoms with van der Waals surface area (Å²) in [4.78, 5) is 24.2. The summed E-state index contributed by atoms with van der Waals surface area (Å²) in [5.41, 5.74) is -0.566. The van der Waals surface area contributed by atoms with Crippen LogP contribution in [0.25, 0.3) is 0 Å². The first-order valence-electron chi connectivity index (χ1n) is 8.16. The zero-order valence-electron chi connectivity index (χ0n) is 14.1. The lowest BCUT2D eigenvalue weighted by atomic mass is 9.65. The number of rotatable bonds is 7. The van der Waals surface area contributed by atoms with Crippen LogP contribution in [-0.2, 0) is 19.1 Å². The lowest BCUT2D eigenvalue weighted by molar-refractivity contribution is -0.158. The summed E-state index contributed by atoms with van der Waals surface area (Å²) in [6, 6.07) is 2.45. The zero-order chi connectivity index (χ0) is 16.8. The van der Waals surface area contributed by atoms with Gasteiger partial charge < -0.3 is 9.47 Å². The minimum atomic E-state index is -0.594. The molecule has 1 rings (SSSR count). The van der Waals surface area contributed by atoms with Crippen molar-refractivity contribution < 1.29 is 19.1 Å². The van der Waals surface area contributed by atoms with Crippen molar-refractivity contribution in [3.05, 3.63) is 0 Å². The third-order valence-corrected chi connectivity index (χ3v) is 4.77. The molecule has 5 nitrogen and oxygen atoms in total. The summed E-state index contributed by atoms with van der Waals surface area (Å²) in [5.74, 6) is -1.40. The molecule has 0 amide bonds. The van der Waals surface area contributed by atoms with Crippen LogP contribution >= 0.6 is 0 Å². The molecule has 0 spiro atoms. The van der Waals surface area contributed by atoms with E-state index in [1.54, 1.807) is 13.8 Å². The van der Waals surface area contributed by atoms with Crippen LogP contribution in [0.1, 0.15) is 53.4 Å². The smallest absolute Gasteiger partial charge is 0.309 e. The normalized spacial score (nSPS) is 25.5. The van der Waals surface area contributed by atoms with Gasteiger partial charge in [0.05, 0.1) is 37.0 Å². The predicted octanol–water partition coefficient (Wildman–Crippen LogP) is 3.08. The molecule has 124 valence electrons. The van der Waals surface area contributed by atoms with E-state index in [4.69, 9.17) is 9.47 Å². The largest absolute Gasteiger partial charge is 0.466 e. The molecule has 3 atom stereocenters. The number of ether oxygens (including phenoxy) is 2. The van der Waals surface area contributed by atoms with E-state index >= 15 is 0 Å². The first-order valence-corrected chi connectivity index (χ1v) is 8.16. The van der Waals surface area contributed by atoms with Gasteiger partial charge in [-0.05, 0) is 38.5 Å². The fraction of sp³-hybridized carbons (Fsp3) is 0.824. The van der Waals surface area contributed by atoms with Crippen molar-refractivity contribution in [3.63, 3.8) is 0 Å². The van der Waals surface area contributed by atoms with Crippen molar-refractivity contribution in [1.29, 1.82) is 5.26 Å². The molecule has 0 radical (unpaired) electrons. The Balaban J connectivity index is 3.06. The van der Waals surface area contributed by atoms with Gasteiger partial charge in [0.25, 0.3) is 0 Å². The lowest BCUT2D eigenvalue weighted by Gasteiger charge is -2.36. The second-order valence-corrected chi connectivity index (χ2v) is 6.17. The van der Waals surface area contributed by atoms with Gasteiger partial charge in [-0.25, -0.2) is 0 Å². The molecule has 1 fully saturated rings. The van der Waals surface area contributed by atoms with Gasteiger partial charge in [-0.3, -0.25) is 9.59 Å². The van der Waals surface area contributed by atoms with Crippen molar-refractivity contribution >= 4 is 11.9 Å². The van der Waals surface area contributed by atoms with E-state index < -0.39 is 17.3 Å². The van der Waals surface area contributed by atoms with Crippen molar-refractivity contribution in [3.8, 4) is 6.07 Å². The Morgan fingerprint density at radius 2 is 1.91 bits per heavy atom. The second kappa shape index (κ2) is 8.17. The molecule has 1 saturated carbocycles. The molecule has 5 heteroatoms. The highest BCUT2D eigenvalue weighted by Gasteiger charge is 2.51. The SMILES string of the molecule is CCOC(=O)CC(C(=O)OCC)C1CCCC1(C#N)C(C)C. The summed E-state index contributed by atoms with van der Waals surface area (Å²) in [5, 5.41) is 9.74. The first-order chi connectivity index (χ1) is 10.4. The van der Waals surface area contributed by atoms with Gasteiger partial charge in [0.2, 0.25) is 0 Å². The molecule has 1 aliphatic rings. The van der Waals surface area contributed by atoms with E-state index in [0.29, 0.717) is 0 Å². The molecular formula is C17H27NO4. The summed E-state index contributed by atoms with van der Waals surface area (Å²) >= 11 is 0. The molecule has 0 heterocycles. The average Bonchev–Trinajstić information content (AvgIpc) is 2.90. The molecule has 0 bridgehead atoms. The number of esters is 2. The predicted molar refractivity (Wildman–Crippen MR) is 81.6 cm³/mol. The number of hydrogen-bond acceptors (Lipinski definition) is 5.